The number of rotatable bonds is 6. The Morgan fingerprint density at radius 3 is 2.25 bits per heavy atom. The topological polar surface area (TPSA) is 21.3 Å². The third kappa shape index (κ3) is 6.89. The first-order valence-electron chi connectivity index (χ1n) is 4.45. The Kier molecular flexibility index (Phi) is 6.81. The van der Waals surface area contributed by atoms with Gasteiger partial charge in [0, 0.05) is 24.6 Å². The van der Waals surface area contributed by atoms with E-state index >= 15 is 0 Å². The first-order valence-corrected chi connectivity index (χ1v) is 4.89. The van der Waals surface area contributed by atoms with E-state index in [4.69, 9.17) is 16.3 Å². The van der Waals surface area contributed by atoms with Gasteiger partial charge >= 0.3 is 0 Å². The smallest absolute Gasteiger partial charge is 0.0613 e. The van der Waals surface area contributed by atoms with Crippen LogP contribution in [0.15, 0.2) is 0 Å². The lowest BCUT2D eigenvalue weighted by molar-refractivity contribution is 0.167. The summed E-state index contributed by atoms with van der Waals surface area (Å²) < 4.78 is 5.01. The molecule has 12 heavy (non-hydrogen) atoms. The van der Waals surface area contributed by atoms with Crippen LogP contribution >= 0.6 is 11.6 Å². The summed E-state index contributed by atoms with van der Waals surface area (Å²) >= 11 is 5.86. The number of hydrogen-bond acceptors (Lipinski definition) is 2. The molecule has 3 atom stereocenters. The molecular weight excluding hydrogens is 174 g/mol. The molecule has 0 radical (unpaired) electrons. The van der Waals surface area contributed by atoms with Crippen LogP contribution in [0.25, 0.3) is 0 Å². The van der Waals surface area contributed by atoms with Crippen molar-refractivity contribution in [1.29, 1.82) is 0 Å². The van der Waals surface area contributed by atoms with Crippen molar-refractivity contribution in [3.63, 3.8) is 0 Å². The third-order valence-corrected chi connectivity index (χ3v) is 1.84. The highest BCUT2D eigenvalue weighted by atomic mass is 35.5. The fraction of sp³-hybridized carbons (Fsp3) is 1.00. The van der Waals surface area contributed by atoms with Crippen LogP contribution in [0.5, 0.6) is 0 Å². The van der Waals surface area contributed by atoms with Gasteiger partial charge in [0.25, 0.3) is 0 Å². The molecule has 74 valence electrons. The molecule has 0 aromatic rings. The lowest BCUT2D eigenvalue weighted by atomic mass is 10.2. The fourth-order valence-electron chi connectivity index (χ4n) is 1.34. The van der Waals surface area contributed by atoms with Gasteiger partial charge in [0.05, 0.1) is 6.61 Å². The predicted octanol–water partition coefficient (Wildman–Crippen LogP) is 2.02. The van der Waals surface area contributed by atoms with Crippen LogP contribution < -0.4 is 5.32 Å². The van der Waals surface area contributed by atoms with E-state index in [0.717, 1.165) is 13.0 Å². The van der Waals surface area contributed by atoms with Gasteiger partial charge in [-0.05, 0) is 27.2 Å². The minimum absolute atomic E-state index is 0.238. The summed E-state index contributed by atoms with van der Waals surface area (Å²) in [4.78, 5) is 0. The number of halogens is 1. The first-order chi connectivity index (χ1) is 5.56. The van der Waals surface area contributed by atoms with Gasteiger partial charge in [-0.15, -0.1) is 11.6 Å². The van der Waals surface area contributed by atoms with E-state index in [2.05, 4.69) is 19.2 Å². The molecule has 0 heterocycles. The Morgan fingerprint density at radius 2 is 1.83 bits per heavy atom. The average molecular weight is 194 g/mol. The van der Waals surface area contributed by atoms with Gasteiger partial charge in [0.1, 0.15) is 0 Å². The molecule has 0 aromatic heterocycles. The summed E-state index contributed by atoms with van der Waals surface area (Å²) in [7, 11) is 1.72. The second kappa shape index (κ2) is 6.70. The van der Waals surface area contributed by atoms with Crippen LogP contribution in [0.2, 0.25) is 0 Å². The molecule has 0 amide bonds. The van der Waals surface area contributed by atoms with Crippen molar-refractivity contribution in [2.24, 2.45) is 0 Å². The van der Waals surface area contributed by atoms with Crippen LogP contribution in [0.1, 0.15) is 27.2 Å². The Labute approximate surface area is 80.6 Å². The number of alkyl halides is 1. The second-order valence-corrected chi connectivity index (χ2v) is 4.19. The highest BCUT2D eigenvalue weighted by Gasteiger charge is 2.08. The Bertz CT molecular complexity index is 109. The van der Waals surface area contributed by atoms with Crippen LogP contribution in [-0.2, 0) is 4.74 Å². The number of methoxy groups -OCH3 is 1. The Hall–Kier alpha value is 0.210. The van der Waals surface area contributed by atoms with Crippen molar-refractivity contribution in [2.75, 3.05) is 13.7 Å². The van der Waals surface area contributed by atoms with Crippen molar-refractivity contribution in [3.8, 4) is 0 Å². The molecule has 0 spiro atoms. The monoisotopic (exact) mass is 193 g/mol. The Morgan fingerprint density at radius 1 is 1.25 bits per heavy atom. The van der Waals surface area contributed by atoms with Crippen molar-refractivity contribution in [3.05, 3.63) is 0 Å². The molecule has 0 saturated carbocycles. The molecule has 0 bridgehead atoms. The third-order valence-electron chi connectivity index (χ3n) is 1.66. The van der Waals surface area contributed by atoms with Gasteiger partial charge in [0.15, 0.2) is 0 Å². The second-order valence-electron chi connectivity index (χ2n) is 3.44. The minimum atomic E-state index is 0.238. The normalized spacial score (nSPS) is 18.8. The average Bonchev–Trinajstić information content (AvgIpc) is 1.84. The quantitative estimate of drug-likeness (QED) is 0.652. The van der Waals surface area contributed by atoms with Crippen LogP contribution in [0, 0.1) is 0 Å². The maximum Gasteiger partial charge on any atom is 0.0613 e. The van der Waals surface area contributed by atoms with Crippen LogP contribution in [0.3, 0.4) is 0 Å². The van der Waals surface area contributed by atoms with E-state index in [-0.39, 0.29) is 5.38 Å². The van der Waals surface area contributed by atoms with Crippen molar-refractivity contribution in [1.82, 2.24) is 5.32 Å². The first kappa shape index (κ1) is 12.2. The number of hydrogen-bond donors (Lipinski definition) is 1. The maximum absolute atomic E-state index is 5.86. The summed E-state index contributed by atoms with van der Waals surface area (Å²) in [6.07, 6.45) is 0.996. The fourth-order valence-corrected chi connectivity index (χ4v) is 1.61. The molecule has 0 rings (SSSR count). The van der Waals surface area contributed by atoms with E-state index in [1.165, 1.54) is 0 Å². The molecule has 0 saturated heterocycles. The van der Waals surface area contributed by atoms with Gasteiger partial charge in [-0.3, -0.25) is 0 Å². The summed E-state index contributed by atoms with van der Waals surface area (Å²) in [5, 5.41) is 3.64. The lowest BCUT2D eigenvalue weighted by Crippen LogP contribution is -2.38. The SMILES string of the molecule is COCC(C)NC(C)CC(C)Cl. The zero-order valence-corrected chi connectivity index (χ0v) is 9.19. The summed E-state index contributed by atoms with van der Waals surface area (Å²) in [6, 6.07) is 0.864. The molecule has 2 nitrogen and oxygen atoms in total. The number of ether oxygens (including phenoxy) is 1. The van der Waals surface area contributed by atoms with Crippen LogP contribution in [-0.4, -0.2) is 31.2 Å². The highest BCUT2D eigenvalue weighted by Crippen LogP contribution is 2.04. The number of nitrogens with one attached hydrogen (secondary N) is 1. The predicted molar refractivity (Wildman–Crippen MR) is 53.9 cm³/mol. The minimum Gasteiger partial charge on any atom is -0.383 e. The van der Waals surface area contributed by atoms with Crippen LogP contribution in [0.4, 0.5) is 0 Å². The molecular formula is C9H20ClNO. The van der Waals surface area contributed by atoms with Crippen molar-refractivity contribution >= 4 is 11.6 Å². The standard InChI is InChI=1S/C9H20ClNO/c1-7(10)5-8(2)11-9(3)6-12-4/h7-9,11H,5-6H2,1-4H3. The zero-order chi connectivity index (χ0) is 9.56. The molecule has 0 fully saturated rings. The highest BCUT2D eigenvalue weighted by molar-refractivity contribution is 6.20. The molecule has 0 aliphatic rings. The summed E-state index contributed by atoms with van der Waals surface area (Å²) in [5.41, 5.74) is 0. The largest absolute Gasteiger partial charge is 0.383 e. The van der Waals surface area contributed by atoms with Gasteiger partial charge in [0.2, 0.25) is 0 Å². The van der Waals surface area contributed by atoms with Gasteiger partial charge in [-0.1, -0.05) is 0 Å². The van der Waals surface area contributed by atoms with Gasteiger partial charge < -0.3 is 10.1 Å². The summed E-state index contributed by atoms with van der Waals surface area (Å²) in [5.74, 6) is 0. The molecule has 1 N–H and O–H groups in total. The molecule has 3 unspecified atom stereocenters. The Balaban J connectivity index is 3.46. The lowest BCUT2D eigenvalue weighted by Gasteiger charge is -2.20. The van der Waals surface area contributed by atoms with Gasteiger partial charge in [-0.25, -0.2) is 0 Å². The van der Waals surface area contributed by atoms with E-state index < -0.39 is 0 Å². The van der Waals surface area contributed by atoms with E-state index in [1.54, 1.807) is 7.11 Å². The zero-order valence-electron chi connectivity index (χ0n) is 8.43. The summed E-state index contributed by atoms with van der Waals surface area (Å²) in [6.45, 7) is 7.02. The van der Waals surface area contributed by atoms with Crippen molar-refractivity contribution < 1.29 is 4.74 Å². The van der Waals surface area contributed by atoms with Crippen molar-refractivity contribution in [2.45, 2.75) is 44.7 Å². The molecule has 3 heteroatoms. The van der Waals surface area contributed by atoms with E-state index in [0.29, 0.717) is 12.1 Å². The van der Waals surface area contributed by atoms with Gasteiger partial charge in [-0.2, -0.15) is 0 Å². The molecule has 0 aliphatic carbocycles. The molecule has 0 aliphatic heterocycles. The van der Waals surface area contributed by atoms with E-state index in [9.17, 15) is 0 Å². The van der Waals surface area contributed by atoms with E-state index in [1.807, 2.05) is 6.92 Å². The maximum atomic E-state index is 5.86. The molecule has 0 aromatic carbocycles.